The lowest BCUT2D eigenvalue weighted by atomic mass is 10.1. The number of hydrogen-bond acceptors (Lipinski definition) is 3. The fourth-order valence-electron chi connectivity index (χ4n) is 1.82. The molecular formula is C14H19ClN4O. The minimum Gasteiger partial charge on any atom is -0.351 e. The van der Waals surface area contributed by atoms with E-state index in [4.69, 9.17) is 0 Å². The molecule has 0 spiro atoms. The molecule has 0 unspecified atom stereocenters. The molecular weight excluding hydrogens is 276 g/mol. The average molecular weight is 295 g/mol. The first-order valence-corrected chi connectivity index (χ1v) is 6.40. The molecule has 20 heavy (non-hydrogen) atoms. The van der Waals surface area contributed by atoms with Gasteiger partial charge in [-0.15, -0.1) is 12.4 Å². The highest BCUT2D eigenvalue weighted by Crippen LogP contribution is 2.20. The van der Waals surface area contributed by atoms with Crippen LogP contribution in [0.3, 0.4) is 0 Å². The minimum absolute atomic E-state index is 0. The maximum absolute atomic E-state index is 12.1. The Morgan fingerprint density at radius 2 is 2.00 bits per heavy atom. The molecule has 3 N–H and O–H groups in total. The third-order valence-electron chi connectivity index (χ3n) is 2.78. The van der Waals surface area contributed by atoms with Crippen molar-refractivity contribution in [2.75, 3.05) is 19.6 Å². The van der Waals surface area contributed by atoms with Crippen LogP contribution in [0.1, 0.15) is 17.3 Å². The van der Waals surface area contributed by atoms with Gasteiger partial charge in [-0.25, -0.2) is 0 Å². The van der Waals surface area contributed by atoms with Crippen molar-refractivity contribution in [3.63, 3.8) is 0 Å². The van der Waals surface area contributed by atoms with Crippen molar-refractivity contribution in [1.29, 1.82) is 0 Å². The van der Waals surface area contributed by atoms with Gasteiger partial charge in [0, 0.05) is 18.7 Å². The summed E-state index contributed by atoms with van der Waals surface area (Å²) in [5.41, 5.74) is 2.28. The van der Waals surface area contributed by atoms with Gasteiger partial charge in [-0.1, -0.05) is 37.3 Å². The topological polar surface area (TPSA) is 69.8 Å². The van der Waals surface area contributed by atoms with Crippen LogP contribution in [0.4, 0.5) is 0 Å². The second-order valence-corrected chi connectivity index (χ2v) is 4.13. The van der Waals surface area contributed by atoms with Crippen molar-refractivity contribution in [2.45, 2.75) is 6.92 Å². The van der Waals surface area contributed by atoms with Crippen molar-refractivity contribution < 1.29 is 4.79 Å². The number of carbonyl (C=O) groups is 1. The van der Waals surface area contributed by atoms with E-state index in [-0.39, 0.29) is 18.3 Å². The summed E-state index contributed by atoms with van der Waals surface area (Å²) in [6, 6.07) is 9.70. The second kappa shape index (κ2) is 8.35. The van der Waals surface area contributed by atoms with Gasteiger partial charge >= 0.3 is 0 Å². The van der Waals surface area contributed by atoms with Gasteiger partial charge in [-0.3, -0.25) is 9.89 Å². The molecule has 1 aromatic carbocycles. The molecule has 0 saturated heterocycles. The van der Waals surface area contributed by atoms with Gasteiger partial charge in [0.15, 0.2) is 0 Å². The Hall–Kier alpha value is -1.85. The summed E-state index contributed by atoms with van der Waals surface area (Å²) in [5.74, 6) is -0.106. The van der Waals surface area contributed by atoms with Crippen LogP contribution >= 0.6 is 12.4 Å². The van der Waals surface area contributed by atoms with Gasteiger partial charge in [-0.05, 0) is 6.54 Å². The third kappa shape index (κ3) is 4.08. The average Bonchev–Trinajstić information content (AvgIpc) is 2.94. The number of aromatic amines is 1. The molecule has 2 aromatic rings. The summed E-state index contributed by atoms with van der Waals surface area (Å²) >= 11 is 0. The van der Waals surface area contributed by atoms with Gasteiger partial charge in [0.05, 0.1) is 17.5 Å². The van der Waals surface area contributed by atoms with Gasteiger partial charge < -0.3 is 10.6 Å². The van der Waals surface area contributed by atoms with E-state index in [2.05, 4.69) is 20.8 Å². The van der Waals surface area contributed by atoms with Crippen molar-refractivity contribution >= 4 is 18.3 Å². The molecule has 0 radical (unpaired) electrons. The number of halogens is 1. The Bertz CT molecular complexity index is 527. The van der Waals surface area contributed by atoms with Gasteiger partial charge in [0.1, 0.15) is 0 Å². The number of likely N-dealkylation sites (N-methyl/N-ethyl adjacent to an activating group) is 1. The monoisotopic (exact) mass is 294 g/mol. The first kappa shape index (κ1) is 16.2. The molecule has 0 aliphatic rings. The van der Waals surface area contributed by atoms with Crippen LogP contribution in [-0.2, 0) is 0 Å². The lowest BCUT2D eigenvalue weighted by Gasteiger charge is -2.06. The van der Waals surface area contributed by atoms with Crippen molar-refractivity contribution in [1.82, 2.24) is 20.8 Å². The highest BCUT2D eigenvalue weighted by Gasteiger charge is 2.14. The molecule has 0 bridgehead atoms. The Morgan fingerprint density at radius 1 is 1.25 bits per heavy atom. The van der Waals surface area contributed by atoms with E-state index in [1.807, 2.05) is 37.3 Å². The third-order valence-corrected chi connectivity index (χ3v) is 2.78. The summed E-state index contributed by atoms with van der Waals surface area (Å²) in [4.78, 5) is 12.1. The molecule has 5 nitrogen and oxygen atoms in total. The molecule has 0 fully saturated rings. The van der Waals surface area contributed by atoms with Crippen molar-refractivity contribution in [2.24, 2.45) is 0 Å². The molecule has 1 amide bonds. The smallest absolute Gasteiger partial charge is 0.255 e. The molecule has 0 aliphatic heterocycles. The summed E-state index contributed by atoms with van der Waals surface area (Å²) in [7, 11) is 0. The molecule has 6 heteroatoms. The second-order valence-electron chi connectivity index (χ2n) is 4.13. The molecule has 1 aromatic heterocycles. The maximum atomic E-state index is 12.1. The van der Waals surface area contributed by atoms with Gasteiger partial charge in [-0.2, -0.15) is 5.10 Å². The summed E-state index contributed by atoms with van der Waals surface area (Å²) in [6.45, 7) is 4.30. The van der Waals surface area contributed by atoms with Gasteiger partial charge in [0.25, 0.3) is 5.91 Å². The molecule has 0 aliphatic carbocycles. The van der Waals surface area contributed by atoms with E-state index >= 15 is 0 Å². The van der Waals surface area contributed by atoms with Crippen LogP contribution < -0.4 is 10.6 Å². The van der Waals surface area contributed by atoms with Crippen LogP contribution in [0.5, 0.6) is 0 Å². The largest absolute Gasteiger partial charge is 0.351 e. The Morgan fingerprint density at radius 3 is 2.70 bits per heavy atom. The fourth-order valence-corrected chi connectivity index (χ4v) is 1.82. The molecule has 0 saturated carbocycles. The lowest BCUT2D eigenvalue weighted by molar-refractivity contribution is 0.0954. The SMILES string of the molecule is CCNCCNC(=O)c1cn[nH]c1-c1ccccc1.Cl. The van der Waals surface area contributed by atoms with Crippen LogP contribution in [0.2, 0.25) is 0 Å². The van der Waals surface area contributed by atoms with Crippen molar-refractivity contribution in [3.8, 4) is 11.3 Å². The first-order chi connectivity index (χ1) is 9.33. The maximum Gasteiger partial charge on any atom is 0.255 e. The first-order valence-electron chi connectivity index (χ1n) is 6.40. The Kier molecular flexibility index (Phi) is 6.76. The number of nitrogens with one attached hydrogen (secondary N) is 3. The normalized spacial score (nSPS) is 9.85. The number of rotatable bonds is 6. The number of carbonyl (C=O) groups excluding carboxylic acids is 1. The quantitative estimate of drug-likeness (QED) is 0.712. The Labute approximate surface area is 124 Å². The zero-order chi connectivity index (χ0) is 13.5. The lowest BCUT2D eigenvalue weighted by Crippen LogP contribution is -2.31. The van der Waals surface area contributed by atoms with Gasteiger partial charge in [0.2, 0.25) is 0 Å². The summed E-state index contributed by atoms with van der Waals surface area (Å²) in [5, 5.41) is 12.9. The van der Waals surface area contributed by atoms with E-state index in [0.717, 1.165) is 24.3 Å². The highest BCUT2D eigenvalue weighted by molar-refractivity contribution is 5.99. The van der Waals surface area contributed by atoms with Crippen LogP contribution in [-0.4, -0.2) is 35.7 Å². The van der Waals surface area contributed by atoms with Crippen LogP contribution in [0.25, 0.3) is 11.3 Å². The van der Waals surface area contributed by atoms with E-state index in [1.54, 1.807) is 6.20 Å². The highest BCUT2D eigenvalue weighted by atomic mass is 35.5. The predicted molar refractivity (Wildman–Crippen MR) is 82.1 cm³/mol. The number of benzene rings is 1. The molecule has 2 rings (SSSR count). The molecule has 0 atom stereocenters. The number of aromatic nitrogens is 2. The summed E-state index contributed by atoms with van der Waals surface area (Å²) < 4.78 is 0. The number of H-pyrrole nitrogens is 1. The fraction of sp³-hybridized carbons (Fsp3) is 0.286. The van der Waals surface area contributed by atoms with Crippen molar-refractivity contribution in [3.05, 3.63) is 42.1 Å². The standard InChI is InChI=1S/C14H18N4O.ClH/c1-2-15-8-9-16-14(19)12-10-17-18-13(12)11-6-4-3-5-7-11;/h3-7,10,15H,2,8-9H2,1H3,(H,16,19)(H,17,18);1H. The predicted octanol–water partition coefficient (Wildman–Crippen LogP) is 1.84. The zero-order valence-electron chi connectivity index (χ0n) is 11.3. The van der Waals surface area contributed by atoms with E-state index in [1.165, 1.54) is 0 Å². The van der Waals surface area contributed by atoms with E-state index in [9.17, 15) is 4.79 Å². The van der Waals surface area contributed by atoms with E-state index in [0.29, 0.717) is 12.1 Å². The Balaban J connectivity index is 0.00000200. The number of hydrogen-bond donors (Lipinski definition) is 3. The van der Waals surface area contributed by atoms with Crippen LogP contribution in [0.15, 0.2) is 36.5 Å². The number of amides is 1. The summed E-state index contributed by atoms with van der Waals surface area (Å²) in [6.07, 6.45) is 1.56. The number of nitrogens with zero attached hydrogens (tertiary/aromatic N) is 1. The zero-order valence-corrected chi connectivity index (χ0v) is 12.2. The molecule has 1 heterocycles. The molecule has 108 valence electrons. The van der Waals surface area contributed by atoms with E-state index < -0.39 is 0 Å². The minimum atomic E-state index is -0.106. The van der Waals surface area contributed by atoms with Crippen LogP contribution in [0, 0.1) is 0 Å².